The third-order valence-corrected chi connectivity index (χ3v) is 5.37. The number of benzene rings is 1. The molecule has 0 aliphatic heterocycles. The van der Waals surface area contributed by atoms with Crippen molar-refractivity contribution in [3.63, 3.8) is 0 Å². The molecule has 20 heavy (non-hydrogen) atoms. The average Bonchev–Trinajstić information content (AvgIpc) is 2.82. The highest BCUT2D eigenvalue weighted by Crippen LogP contribution is 2.43. The van der Waals surface area contributed by atoms with Crippen LogP contribution in [0.1, 0.15) is 35.3 Å². The molecular weight excluding hydrogens is 266 g/mol. The highest BCUT2D eigenvalue weighted by molar-refractivity contribution is 7.10. The number of aryl methyl sites for hydroxylation is 1. The first kappa shape index (κ1) is 13.4. The lowest BCUT2D eigenvalue weighted by Gasteiger charge is -2.40. The van der Waals surface area contributed by atoms with E-state index >= 15 is 0 Å². The fourth-order valence-electron chi connectivity index (χ4n) is 2.85. The number of carbonyl (C=O) groups is 1. The molecule has 0 bridgehead atoms. The first-order valence-corrected chi connectivity index (χ1v) is 7.97. The minimum absolute atomic E-state index is 0.183. The summed E-state index contributed by atoms with van der Waals surface area (Å²) in [5.74, 6) is 0.183. The zero-order chi connectivity index (χ0) is 14.0. The molecule has 0 radical (unpaired) electrons. The van der Waals surface area contributed by atoms with Crippen molar-refractivity contribution in [3.8, 4) is 0 Å². The van der Waals surface area contributed by atoms with Gasteiger partial charge in [0.25, 0.3) is 0 Å². The van der Waals surface area contributed by atoms with Crippen molar-refractivity contribution in [1.82, 2.24) is 5.32 Å². The molecule has 0 saturated heterocycles. The maximum atomic E-state index is 12.6. The summed E-state index contributed by atoms with van der Waals surface area (Å²) >= 11 is 1.71. The van der Waals surface area contributed by atoms with E-state index < -0.39 is 0 Å². The van der Waals surface area contributed by atoms with Gasteiger partial charge in [-0.3, -0.25) is 4.79 Å². The van der Waals surface area contributed by atoms with Gasteiger partial charge >= 0.3 is 0 Å². The Labute approximate surface area is 123 Å². The third-order valence-electron chi connectivity index (χ3n) is 4.35. The van der Waals surface area contributed by atoms with Crippen LogP contribution in [0.4, 0.5) is 0 Å². The molecule has 1 aromatic carbocycles. The molecule has 1 N–H and O–H groups in total. The number of rotatable bonds is 4. The molecule has 1 aliphatic carbocycles. The normalized spacial score (nSPS) is 16.4. The number of amides is 1. The lowest BCUT2D eigenvalue weighted by atomic mass is 9.64. The van der Waals surface area contributed by atoms with Crippen LogP contribution in [-0.4, -0.2) is 5.91 Å². The fraction of sp³-hybridized carbons (Fsp3) is 0.353. The summed E-state index contributed by atoms with van der Waals surface area (Å²) in [6, 6.07) is 12.3. The Morgan fingerprint density at radius 1 is 1.25 bits per heavy atom. The largest absolute Gasteiger partial charge is 0.350 e. The molecule has 0 unspecified atom stereocenters. The Morgan fingerprint density at radius 2 is 2.00 bits per heavy atom. The Morgan fingerprint density at radius 3 is 2.55 bits per heavy atom. The van der Waals surface area contributed by atoms with E-state index in [9.17, 15) is 4.79 Å². The second-order valence-electron chi connectivity index (χ2n) is 5.51. The van der Waals surface area contributed by atoms with Gasteiger partial charge < -0.3 is 5.32 Å². The summed E-state index contributed by atoms with van der Waals surface area (Å²) in [6.07, 6.45) is 3.07. The van der Waals surface area contributed by atoms with Gasteiger partial charge in [0.15, 0.2) is 0 Å². The molecule has 104 valence electrons. The zero-order valence-electron chi connectivity index (χ0n) is 11.7. The van der Waals surface area contributed by atoms with Crippen LogP contribution in [0.2, 0.25) is 0 Å². The number of carbonyl (C=O) groups excluding carboxylic acids is 1. The standard InChI is InChI=1S/C17H19NOS/c1-13-8-11-20-15(13)12-18-16(19)17(9-5-10-17)14-6-3-2-4-7-14/h2-4,6-8,11H,5,9-10,12H2,1H3,(H,18,19). The molecule has 1 amide bonds. The van der Waals surface area contributed by atoms with E-state index in [2.05, 4.69) is 35.8 Å². The van der Waals surface area contributed by atoms with Crippen LogP contribution >= 0.6 is 11.3 Å². The Kier molecular flexibility index (Phi) is 3.62. The third kappa shape index (κ3) is 2.27. The minimum atomic E-state index is -0.285. The number of hydrogen-bond donors (Lipinski definition) is 1. The van der Waals surface area contributed by atoms with Gasteiger partial charge in [-0.2, -0.15) is 0 Å². The Bertz CT molecular complexity index is 598. The predicted octanol–water partition coefficient (Wildman–Crippen LogP) is 3.79. The molecule has 2 aromatic rings. The van der Waals surface area contributed by atoms with Gasteiger partial charge in [-0.05, 0) is 42.3 Å². The summed E-state index contributed by atoms with van der Waals surface area (Å²) in [5, 5.41) is 5.22. The molecule has 2 nitrogen and oxygen atoms in total. The highest BCUT2D eigenvalue weighted by atomic mass is 32.1. The van der Waals surface area contributed by atoms with Gasteiger partial charge in [0.05, 0.1) is 12.0 Å². The summed E-state index contributed by atoms with van der Waals surface area (Å²) in [5.41, 5.74) is 2.14. The van der Waals surface area contributed by atoms with Gasteiger partial charge in [-0.1, -0.05) is 36.8 Å². The zero-order valence-corrected chi connectivity index (χ0v) is 12.5. The molecular formula is C17H19NOS. The van der Waals surface area contributed by atoms with Crippen LogP contribution in [0.3, 0.4) is 0 Å². The van der Waals surface area contributed by atoms with E-state index in [0.29, 0.717) is 6.54 Å². The molecule has 1 aliphatic rings. The minimum Gasteiger partial charge on any atom is -0.350 e. The number of nitrogens with one attached hydrogen (secondary N) is 1. The van der Waals surface area contributed by atoms with Crippen LogP contribution < -0.4 is 5.32 Å². The molecule has 3 rings (SSSR count). The van der Waals surface area contributed by atoms with E-state index in [1.807, 2.05) is 18.2 Å². The number of hydrogen-bond acceptors (Lipinski definition) is 2. The Balaban J connectivity index is 1.74. The van der Waals surface area contributed by atoms with Gasteiger partial charge in [0.1, 0.15) is 0 Å². The van der Waals surface area contributed by atoms with Gasteiger partial charge in [0.2, 0.25) is 5.91 Å². The van der Waals surface area contributed by atoms with Crippen molar-refractivity contribution < 1.29 is 4.79 Å². The van der Waals surface area contributed by atoms with Crippen molar-refractivity contribution in [2.45, 2.75) is 38.1 Å². The molecule has 1 fully saturated rings. The summed E-state index contributed by atoms with van der Waals surface area (Å²) in [7, 11) is 0. The SMILES string of the molecule is Cc1ccsc1CNC(=O)C1(c2ccccc2)CCC1. The Hall–Kier alpha value is -1.61. The van der Waals surface area contributed by atoms with Gasteiger partial charge in [-0.25, -0.2) is 0 Å². The first-order chi connectivity index (χ1) is 9.72. The second-order valence-corrected chi connectivity index (χ2v) is 6.51. The van der Waals surface area contributed by atoms with Crippen molar-refractivity contribution in [3.05, 3.63) is 57.8 Å². The summed E-state index contributed by atoms with van der Waals surface area (Å²) in [6.45, 7) is 2.74. The van der Waals surface area contributed by atoms with Crippen LogP contribution in [0, 0.1) is 6.92 Å². The maximum Gasteiger partial charge on any atom is 0.230 e. The maximum absolute atomic E-state index is 12.6. The average molecular weight is 285 g/mol. The summed E-state index contributed by atoms with van der Waals surface area (Å²) < 4.78 is 0. The van der Waals surface area contributed by atoms with Crippen LogP contribution in [-0.2, 0) is 16.8 Å². The van der Waals surface area contributed by atoms with Crippen LogP contribution in [0.25, 0.3) is 0 Å². The van der Waals surface area contributed by atoms with Crippen molar-refractivity contribution in [1.29, 1.82) is 0 Å². The van der Waals surface area contributed by atoms with Crippen molar-refractivity contribution >= 4 is 17.2 Å². The molecule has 0 atom stereocenters. The smallest absolute Gasteiger partial charge is 0.230 e. The van der Waals surface area contributed by atoms with Crippen LogP contribution in [0.5, 0.6) is 0 Å². The second kappa shape index (κ2) is 5.41. The van der Waals surface area contributed by atoms with Crippen LogP contribution in [0.15, 0.2) is 41.8 Å². The van der Waals surface area contributed by atoms with E-state index in [4.69, 9.17) is 0 Å². The molecule has 1 saturated carbocycles. The quantitative estimate of drug-likeness (QED) is 0.909. The van der Waals surface area contributed by atoms with E-state index in [1.54, 1.807) is 11.3 Å². The molecule has 1 aromatic heterocycles. The van der Waals surface area contributed by atoms with Crippen molar-refractivity contribution in [2.24, 2.45) is 0 Å². The first-order valence-electron chi connectivity index (χ1n) is 7.09. The van der Waals surface area contributed by atoms with Gasteiger partial charge in [-0.15, -0.1) is 11.3 Å². The number of thiophene rings is 1. The molecule has 1 heterocycles. The topological polar surface area (TPSA) is 29.1 Å². The van der Waals surface area contributed by atoms with Crippen molar-refractivity contribution in [2.75, 3.05) is 0 Å². The van der Waals surface area contributed by atoms with E-state index in [0.717, 1.165) is 24.8 Å². The van der Waals surface area contributed by atoms with Gasteiger partial charge in [0, 0.05) is 4.88 Å². The fourth-order valence-corrected chi connectivity index (χ4v) is 3.70. The summed E-state index contributed by atoms with van der Waals surface area (Å²) in [4.78, 5) is 13.9. The molecule has 3 heteroatoms. The highest BCUT2D eigenvalue weighted by Gasteiger charge is 2.45. The lowest BCUT2D eigenvalue weighted by molar-refractivity contribution is -0.130. The molecule has 0 spiro atoms. The predicted molar refractivity (Wildman–Crippen MR) is 82.9 cm³/mol. The lowest BCUT2D eigenvalue weighted by Crippen LogP contribution is -2.48. The van der Waals surface area contributed by atoms with E-state index in [1.165, 1.54) is 10.4 Å². The monoisotopic (exact) mass is 285 g/mol. The van der Waals surface area contributed by atoms with E-state index in [-0.39, 0.29) is 11.3 Å².